The van der Waals surface area contributed by atoms with Crippen molar-refractivity contribution in [2.75, 3.05) is 0 Å². The summed E-state index contributed by atoms with van der Waals surface area (Å²) in [5, 5.41) is 20.0. The topological polar surface area (TPSA) is 106 Å². The zero-order valence-electron chi connectivity index (χ0n) is 16.0. The van der Waals surface area contributed by atoms with Crippen LogP contribution in [0.3, 0.4) is 0 Å². The Morgan fingerprint density at radius 3 is 1.22 bits per heavy atom. The first-order chi connectivity index (χ1) is 12.2. The van der Waals surface area contributed by atoms with Crippen LogP contribution in [0.15, 0.2) is 72.5 Å². The Bertz CT molecular complexity index is 672. The number of carbonyl (C=O) groups excluding carboxylic acids is 2. The summed E-state index contributed by atoms with van der Waals surface area (Å²) in [6.45, 7) is 5.39. The van der Waals surface area contributed by atoms with Crippen molar-refractivity contribution in [2.24, 2.45) is 0 Å². The zero-order chi connectivity index (χ0) is 19.9. The number of ketones is 2. The summed E-state index contributed by atoms with van der Waals surface area (Å²) >= 11 is 0. The van der Waals surface area contributed by atoms with Gasteiger partial charge >= 0.3 is 19.5 Å². The molecule has 0 fully saturated rings. The second kappa shape index (κ2) is 15.6. The van der Waals surface area contributed by atoms with Crippen LogP contribution in [0.25, 0.3) is 11.4 Å². The quantitative estimate of drug-likeness (QED) is 0.427. The van der Waals surface area contributed by atoms with E-state index in [1.165, 1.54) is 27.7 Å². The molecule has 138 valence electrons. The molecule has 0 saturated carbocycles. The normalized spacial score (nSPS) is 10.2. The van der Waals surface area contributed by atoms with Crippen molar-refractivity contribution in [3.05, 3.63) is 72.5 Å². The Balaban J connectivity index is 0. The minimum atomic E-state index is -0.187. The second-order valence-corrected chi connectivity index (χ2v) is 5.16. The molecule has 2 aromatic heterocycles. The molecule has 2 heterocycles. The van der Waals surface area contributed by atoms with E-state index in [0.29, 0.717) is 0 Å². The molecule has 0 aliphatic carbocycles. The third-order valence-corrected chi connectivity index (χ3v) is 2.41. The van der Waals surface area contributed by atoms with Gasteiger partial charge in [0.05, 0.1) is 11.4 Å². The van der Waals surface area contributed by atoms with Gasteiger partial charge < -0.3 is 10.2 Å². The van der Waals surface area contributed by atoms with Gasteiger partial charge in [-0.15, -0.1) is 11.5 Å². The van der Waals surface area contributed by atoms with Crippen molar-refractivity contribution in [2.45, 2.75) is 27.7 Å². The largest absolute Gasteiger partial charge is 2.00 e. The van der Waals surface area contributed by atoms with Crippen LogP contribution in [0.4, 0.5) is 0 Å². The maximum atomic E-state index is 9.98. The van der Waals surface area contributed by atoms with E-state index < -0.39 is 0 Å². The number of hydrogen-bond donors (Lipinski definition) is 0. The summed E-state index contributed by atoms with van der Waals surface area (Å²) in [5.41, 5.74) is 1.83. The molecule has 0 aromatic carbocycles. The smallest absolute Gasteiger partial charge is 0.876 e. The third-order valence-electron chi connectivity index (χ3n) is 2.41. The van der Waals surface area contributed by atoms with Crippen molar-refractivity contribution < 1.29 is 39.3 Å². The van der Waals surface area contributed by atoms with Crippen LogP contribution < -0.4 is 10.2 Å². The van der Waals surface area contributed by atoms with Crippen molar-refractivity contribution in [3.8, 4) is 11.4 Å². The molecule has 0 aliphatic rings. The van der Waals surface area contributed by atoms with E-state index in [-0.39, 0.29) is 42.6 Å². The molecular formula is C20H22N2O4Zn. The van der Waals surface area contributed by atoms with E-state index >= 15 is 0 Å². The molecule has 0 unspecified atom stereocenters. The van der Waals surface area contributed by atoms with Crippen LogP contribution in [0, 0.1) is 0 Å². The van der Waals surface area contributed by atoms with Crippen LogP contribution in [0.1, 0.15) is 27.7 Å². The number of pyridine rings is 2. The summed E-state index contributed by atoms with van der Waals surface area (Å²) in [7, 11) is 0. The second-order valence-electron chi connectivity index (χ2n) is 5.16. The van der Waals surface area contributed by atoms with Gasteiger partial charge in [-0.25, -0.2) is 0 Å². The molecule has 0 atom stereocenters. The number of aromatic nitrogens is 2. The van der Waals surface area contributed by atoms with Gasteiger partial charge in [-0.1, -0.05) is 26.0 Å². The average molecular weight is 420 g/mol. The van der Waals surface area contributed by atoms with Gasteiger partial charge in [0.15, 0.2) is 11.6 Å². The van der Waals surface area contributed by atoms with Gasteiger partial charge in [0, 0.05) is 12.4 Å². The number of hydrogen-bond acceptors (Lipinski definition) is 6. The van der Waals surface area contributed by atoms with Crippen molar-refractivity contribution in [3.63, 3.8) is 0 Å². The number of carbonyl (C=O) groups is 2. The van der Waals surface area contributed by atoms with Crippen LogP contribution in [0.2, 0.25) is 0 Å². The van der Waals surface area contributed by atoms with E-state index in [1.54, 1.807) is 12.4 Å². The first-order valence-corrected chi connectivity index (χ1v) is 7.76. The van der Waals surface area contributed by atoms with Gasteiger partial charge in [0.2, 0.25) is 0 Å². The molecule has 0 spiro atoms. The number of nitrogens with zero attached hydrogens (tertiary/aromatic N) is 2. The molecule has 0 amide bonds. The minimum absolute atomic E-state index is 0. The maximum absolute atomic E-state index is 9.98. The standard InChI is InChI=1S/C10H8N2.2C5H8O2.Zn/c1-3-7-11-9(5-1)10-6-2-4-8-12-10;2*1-4(6)3-5(2)7;/h1-8H;2*3,6H,1-2H3;/q;;;+2/p-2/b;2*4-3-;. The van der Waals surface area contributed by atoms with E-state index in [1.807, 2.05) is 36.4 Å². The van der Waals surface area contributed by atoms with Crippen LogP contribution in [-0.4, -0.2) is 21.5 Å². The Morgan fingerprint density at radius 2 is 1.07 bits per heavy atom. The predicted molar refractivity (Wildman–Crippen MR) is 96.3 cm³/mol. The zero-order valence-corrected chi connectivity index (χ0v) is 19.0. The molecule has 27 heavy (non-hydrogen) atoms. The van der Waals surface area contributed by atoms with Crippen molar-refractivity contribution in [1.82, 2.24) is 9.97 Å². The monoisotopic (exact) mass is 418 g/mol. The number of rotatable bonds is 3. The first-order valence-electron chi connectivity index (χ1n) is 7.76. The summed E-state index contributed by atoms with van der Waals surface area (Å²) < 4.78 is 0. The third kappa shape index (κ3) is 16.6. The fourth-order valence-electron chi connectivity index (χ4n) is 1.60. The Morgan fingerprint density at radius 1 is 0.741 bits per heavy atom. The minimum Gasteiger partial charge on any atom is -0.876 e. The average Bonchev–Trinajstić information content (AvgIpc) is 2.55. The van der Waals surface area contributed by atoms with Gasteiger partial charge in [-0.3, -0.25) is 19.6 Å². The summed E-state index contributed by atoms with van der Waals surface area (Å²) in [4.78, 5) is 28.3. The molecule has 0 bridgehead atoms. The van der Waals surface area contributed by atoms with Gasteiger partial charge in [0.1, 0.15) is 0 Å². The maximum Gasteiger partial charge on any atom is 2.00 e. The van der Waals surface area contributed by atoms with Crippen molar-refractivity contribution in [1.29, 1.82) is 0 Å². The predicted octanol–water partition coefficient (Wildman–Crippen LogP) is 1.82. The van der Waals surface area contributed by atoms with Gasteiger partial charge in [0.25, 0.3) is 0 Å². The SMILES string of the molecule is CC(=O)/C=C(/C)[O-].CC(=O)/C=C(/C)[O-].[Zn+2].c1ccc(-c2ccccn2)nc1. The summed E-state index contributed by atoms with van der Waals surface area (Å²) in [5.74, 6) is -0.750. The molecule has 2 rings (SSSR count). The molecule has 2 aromatic rings. The van der Waals surface area contributed by atoms with Gasteiger partial charge in [-0.05, 0) is 50.3 Å². The van der Waals surface area contributed by atoms with Crippen LogP contribution >= 0.6 is 0 Å². The molecule has 0 saturated heterocycles. The van der Waals surface area contributed by atoms with Crippen LogP contribution in [-0.2, 0) is 29.1 Å². The molecule has 7 heteroatoms. The van der Waals surface area contributed by atoms with Gasteiger partial charge in [-0.2, -0.15) is 0 Å². The van der Waals surface area contributed by atoms with Crippen LogP contribution in [0.5, 0.6) is 0 Å². The Kier molecular flexibility index (Phi) is 15.3. The molecule has 0 radical (unpaired) electrons. The van der Waals surface area contributed by atoms with E-state index in [9.17, 15) is 19.8 Å². The van der Waals surface area contributed by atoms with E-state index in [2.05, 4.69) is 9.97 Å². The fraction of sp³-hybridized carbons (Fsp3) is 0.200. The Labute approximate surface area is 172 Å². The first kappa shape index (κ1) is 26.6. The Hall–Kier alpha value is -2.66. The summed E-state index contributed by atoms with van der Waals surface area (Å²) in [6, 6.07) is 11.6. The fourth-order valence-corrected chi connectivity index (χ4v) is 1.60. The van der Waals surface area contributed by atoms with E-state index in [4.69, 9.17) is 0 Å². The summed E-state index contributed by atoms with van der Waals surface area (Å²) in [6.07, 6.45) is 5.65. The molecule has 6 nitrogen and oxygen atoms in total. The van der Waals surface area contributed by atoms with E-state index in [0.717, 1.165) is 23.5 Å². The molecular weight excluding hydrogens is 398 g/mol. The molecule has 0 aliphatic heterocycles. The van der Waals surface area contributed by atoms with Crippen molar-refractivity contribution >= 4 is 11.6 Å². The molecule has 0 N–H and O–H groups in total. The number of allylic oxidation sites excluding steroid dienone is 4.